The maximum Gasteiger partial charge on any atom is 0.344 e. The summed E-state index contributed by atoms with van der Waals surface area (Å²) in [5.74, 6) is -1.38. The number of ether oxygens (including phenoxy) is 8. The molecule has 0 heterocycles. The fourth-order valence-corrected chi connectivity index (χ4v) is 30.2. The lowest BCUT2D eigenvalue weighted by Gasteiger charge is -2.60. The standard InChI is InChI=1S/C108H120O20/c1-5-105(69-29-57-25-58(31-69)32-70(105)30-57)125-97(117)53-121-77-17-9-65(10-18-77)101-81-45-83(91(111)49-89(81)109)102(66-11-19-78(20-12-66)122-54-98(118)126-106(6-2)71-33-59-26-60(35-71)36-72(106)34-59)85-47-87(95(115)51-93(85)113)104(68-15-23-80(24-16-68)124-56-100(120)128-108(8-4)75-41-63-28-64(43-75)44-76(108)42-63)88-48-86(94(114)52-96(88)116)103(84-46-82(101)90(110)50-92(84)112)67-13-21-79(22-14-67)123-55-99(119)127-107(7-3)73-37-61-27-62(39-73)40-74(107)38-61/h9-24,45-52,57-64,69-76,101-104,109-116H,5-8,25-44,53-56H2,1-4H3. The summed E-state index contributed by atoms with van der Waals surface area (Å²) in [5, 5.41) is 103. The third-order valence-electron chi connectivity index (χ3n) is 35.0. The summed E-state index contributed by atoms with van der Waals surface area (Å²) in [5.41, 5.74) is 0.333. The first-order valence-corrected chi connectivity index (χ1v) is 47.9. The van der Waals surface area contributed by atoms with Crippen molar-refractivity contribution in [3.05, 3.63) is 212 Å². The average molecular weight is 1740 g/mol. The summed E-state index contributed by atoms with van der Waals surface area (Å²) in [6.07, 6.45) is 24.8. The number of benzene rings is 8. The Morgan fingerprint density at radius 2 is 0.383 bits per heavy atom. The van der Waals surface area contributed by atoms with Crippen molar-refractivity contribution in [2.24, 2.45) is 94.7 Å². The van der Waals surface area contributed by atoms with Crippen LogP contribution in [-0.4, -0.2) is 114 Å². The first-order valence-electron chi connectivity index (χ1n) is 47.9. The van der Waals surface area contributed by atoms with E-state index in [-0.39, 0.29) is 70.9 Å². The van der Waals surface area contributed by atoms with E-state index in [9.17, 15) is 60.0 Å². The van der Waals surface area contributed by atoms with E-state index >= 15 is 0 Å². The Hall–Kier alpha value is -10.8. The molecule has 20 heteroatoms. The molecular formula is C108H120O20. The molecule has 17 aliphatic carbocycles. The number of fused-ring (bicyclic) bond motifs is 8. The molecule has 24 bridgehead atoms. The summed E-state index contributed by atoms with van der Waals surface area (Å²) in [6, 6.07) is 38.3. The van der Waals surface area contributed by atoms with E-state index in [1.165, 1.54) is 49.9 Å². The molecule has 0 atom stereocenters. The van der Waals surface area contributed by atoms with Crippen LogP contribution >= 0.6 is 0 Å². The van der Waals surface area contributed by atoms with E-state index in [0.29, 0.717) is 140 Å². The third-order valence-corrected chi connectivity index (χ3v) is 35.0. The second-order valence-corrected chi connectivity index (χ2v) is 41.4. The minimum absolute atomic E-state index is 0.103. The quantitative estimate of drug-likeness (QED) is 0.0206. The maximum atomic E-state index is 14.2. The van der Waals surface area contributed by atoms with Crippen molar-refractivity contribution < 1.29 is 97.9 Å². The maximum absolute atomic E-state index is 14.2. The largest absolute Gasteiger partial charge is 0.507 e. The van der Waals surface area contributed by atoms with E-state index in [1.807, 2.05) is 0 Å². The fraction of sp³-hybridized carbons (Fsp3) is 0.519. The van der Waals surface area contributed by atoms with Gasteiger partial charge in [-0.15, -0.1) is 0 Å². The zero-order valence-electron chi connectivity index (χ0n) is 73.7. The van der Waals surface area contributed by atoms with Gasteiger partial charge in [0.25, 0.3) is 0 Å². The van der Waals surface area contributed by atoms with Crippen LogP contribution in [0.1, 0.15) is 272 Å². The number of rotatable bonds is 24. The van der Waals surface area contributed by atoms with E-state index in [0.717, 1.165) is 128 Å². The molecule has 0 spiro atoms. The van der Waals surface area contributed by atoms with E-state index < -0.39 is 116 Å². The molecule has 0 aliphatic heterocycles. The molecule has 0 amide bonds. The van der Waals surface area contributed by atoms with Gasteiger partial charge in [-0.05, 0) is 344 Å². The van der Waals surface area contributed by atoms with Gasteiger partial charge in [0.05, 0.1) is 0 Å². The van der Waals surface area contributed by atoms with Gasteiger partial charge in [0.1, 0.15) is 91.4 Å². The summed E-state index contributed by atoms with van der Waals surface area (Å²) in [6.45, 7) is 6.98. The summed E-state index contributed by atoms with van der Waals surface area (Å²) < 4.78 is 51.5. The molecule has 8 aromatic carbocycles. The van der Waals surface area contributed by atoms with Crippen molar-refractivity contribution in [3.8, 4) is 69.0 Å². The van der Waals surface area contributed by atoms with Crippen molar-refractivity contribution >= 4 is 23.9 Å². The number of hydrogen-bond acceptors (Lipinski definition) is 20. The van der Waals surface area contributed by atoms with Gasteiger partial charge in [-0.3, -0.25) is 0 Å². The highest BCUT2D eigenvalue weighted by atomic mass is 16.6. The predicted octanol–water partition coefficient (Wildman–Crippen LogP) is 20.5. The Balaban J connectivity index is 0.675. The molecule has 20 nitrogen and oxygen atoms in total. The van der Waals surface area contributed by atoms with Gasteiger partial charge in [-0.25, -0.2) is 19.2 Å². The molecule has 25 rings (SSSR count). The number of hydrogen-bond donors (Lipinski definition) is 8. The average Bonchev–Trinajstić information content (AvgIpc) is 0.730. The minimum atomic E-state index is -1.24. The number of carbonyl (C=O) groups is 4. The van der Waals surface area contributed by atoms with Crippen molar-refractivity contribution in [2.75, 3.05) is 26.4 Å². The van der Waals surface area contributed by atoms with Crippen LogP contribution in [0, 0.1) is 94.7 Å². The number of aromatic hydroxyl groups is 8. The molecule has 17 aliphatic rings. The molecule has 672 valence electrons. The zero-order valence-corrected chi connectivity index (χ0v) is 73.7. The van der Waals surface area contributed by atoms with E-state index in [2.05, 4.69) is 27.7 Å². The number of esters is 4. The number of phenolic OH excluding ortho intramolecular Hbond substituents is 8. The van der Waals surface area contributed by atoms with Crippen LogP contribution in [0.2, 0.25) is 0 Å². The highest BCUT2D eigenvalue weighted by Crippen LogP contribution is 2.66. The van der Waals surface area contributed by atoms with Crippen LogP contribution in [0.4, 0.5) is 0 Å². The van der Waals surface area contributed by atoms with Crippen molar-refractivity contribution in [2.45, 2.75) is 228 Å². The molecule has 8 aromatic rings. The van der Waals surface area contributed by atoms with Gasteiger partial charge in [-0.2, -0.15) is 0 Å². The lowest BCUT2D eigenvalue weighted by Crippen LogP contribution is -2.59. The second-order valence-electron chi connectivity index (χ2n) is 41.4. The van der Waals surface area contributed by atoms with Gasteiger partial charge < -0.3 is 78.7 Å². The van der Waals surface area contributed by atoms with Crippen molar-refractivity contribution in [1.29, 1.82) is 0 Å². The summed E-state index contributed by atoms with van der Waals surface area (Å²) >= 11 is 0. The molecule has 0 aromatic heterocycles. The van der Waals surface area contributed by atoms with Gasteiger partial charge in [0.15, 0.2) is 26.4 Å². The molecule has 128 heavy (non-hydrogen) atoms. The number of phenols is 8. The zero-order chi connectivity index (χ0) is 88.1. The van der Waals surface area contributed by atoms with E-state index in [1.54, 1.807) is 121 Å². The van der Waals surface area contributed by atoms with Gasteiger partial charge in [-0.1, -0.05) is 76.2 Å². The fourth-order valence-electron chi connectivity index (χ4n) is 30.2. The van der Waals surface area contributed by atoms with Crippen molar-refractivity contribution in [1.82, 2.24) is 0 Å². The highest BCUT2D eigenvalue weighted by Gasteiger charge is 2.63. The van der Waals surface area contributed by atoms with Crippen LogP contribution in [-0.2, 0) is 38.1 Å². The van der Waals surface area contributed by atoms with Crippen LogP contribution < -0.4 is 18.9 Å². The lowest BCUT2D eigenvalue weighted by molar-refractivity contribution is -0.212. The number of carbonyl (C=O) groups excluding carboxylic acids is 4. The Morgan fingerprint density at radius 3 is 0.523 bits per heavy atom. The van der Waals surface area contributed by atoms with Gasteiger partial charge in [0, 0.05) is 92.4 Å². The molecule has 0 saturated heterocycles. The molecule has 16 saturated carbocycles. The topological polar surface area (TPSA) is 304 Å². The Bertz CT molecular complexity index is 4700. The first-order chi connectivity index (χ1) is 61.9. The Labute approximate surface area is 748 Å². The second kappa shape index (κ2) is 32.7. The van der Waals surface area contributed by atoms with E-state index in [4.69, 9.17) is 37.9 Å². The molecule has 0 radical (unpaired) electrons. The molecule has 16 fully saturated rings. The van der Waals surface area contributed by atoms with Crippen LogP contribution in [0.5, 0.6) is 69.0 Å². The lowest BCUT2D eigenvalue weighted by atomic mass is 9.49. The molecular weight excluding hydrogens is 1620 g/mol. The Morgan fingerprint density at radius 1 is 0.234 bits per heavy atom. The normalized spacial score (nSPS) is 33.6. The monoisotopic (exact) mass is 1740 g/mol. The summed E-state index contributed by atoms with van der Waals surface area (Å²) in [4.78, 5) is 56.6. The highest BCUT2D eigenvalue weighted by molar-refractivity contribution is 5.75. The van der Waals surface area contributed by atoms with Crippen LogP contribution in [0.15, 0.2) is 146 Å². The van der Waals surface area contributed by atoms with Crippen LogP contribution in [0.3, 0.4) is 0 Å². The first kappa shape index (κ1) is 84.1. The van der Waals surface area contributed by atoms with Gasteiger partial charge >= 0.3 is 23.9 Å². The van der Waals surface area contributed by atoms with Crippen molar-refractivity contribution in [3.63, 3.8) is 0 Å². The molecule has 0 unspecified atom stereocenters. The SMILES string of the molecule is CCC1(OC(=O)COc2ccc(C3c4cc(c(O)cc4O)C(c4ccc(OCC(=O)OC5(CC)C6CC7CC(C6)CC5C7)cc4)c4cc(c(O)cc4O)C(c4ccc(OCC(=O)OC5(CC)C6CC7CC(C6)CC5C7)cc4)c4cc(c(O)cc4O)C(c4ccc(OCC(=O)OC5(CC)C6CC7CC(C6)CC5C7)cc4)c4cc3c(O)cc4O)cc2)C2CC3CC(C2)CC1C3. The summed E-state index contributed by atoms with van der Waals surface area (Å²) in [7, 11) is 0. The smallest absolute Gasteiger partial charge is 0.344 e. The van der Waals surface area contributed by atoms with Gasteiger partial charge in [0.2, 0.25) is 0 Å². The Kier molecular flexibility index (Phi) is 21.5. The predicted molar refractivity (Wildman–Crippen MR) is 475 cm³/mol. The minimum Gasteiger partial charge on any atom is -0.507 e. The molecule has 8 N–H and O–H groups in total. The van der Waals surface area contributed by atoms with Crippen LogP contribution in [0.25, 0.3) is 0 Å². The third kappa shape index (κ3) is 14.6.